The average Bonchev–Trinajstić information content (AvgIpc) is 3.34. The SMILES string of the molecule is C.CC.CC1CCCC1.CCc1ccn(C(C)C)n1.CN1CCOC2(CNC2)C1. The Morgan fingerprint density at radius 2 is 1.86 bits per heavy atom. The maximum Gasteiger partial charge on any atom is 0.106 e. The van der Waals surface area contributed by atoms with E-state index in [2.05, 4.69) is 56.1 Å². The Kier molecular flexibility index (Phi) is 14.5. The lowest BCUT2D eigenvalue weighted by Crippen LogP contribution is -2.68. The molecule has 1 spiro atoms. The van der Waals surface area contributed by atoms with Crippen molar-refractivity contribution in [2.24, 2.45) is 5.92 Å². The van der Waals surface area contributed by atoms with Crippen molar-refractivity contribution in [3.8, 4) is 0 Å². The molecule has 2 aliphatic heterocycles. The van der Waals surface area contributed by atoms with Gasteiger partial charge in [0, 0.05) is 38.4 Å². The van der Waals surface area contributed by atoms with Crippen LogP contribution in [0.15, 0.2) is 12.3 Å². The highest BCUT2D eigenvalue weighted by Crippen LogP contribution is 2.23. The smallest absolute Gasteiger partial charge is 0.106 e. The number of morpholine rings is 1. The van der Waals surface area contributed by atoms with Gasteiger partial charge in [-0.05, 0) is 39.3 Å². The maximum atomic E-state index is 5.67. The molecule has 1 saturated carbocycles. The minimum Gasteiger partial charge on any atom is -0.370 e. The quantitative estimate of drug-likeness (QED) is 0.730. The largest absolute Gasteiger partial charge is 0.370 e. The third-order valence-electron chi connectivity index (χ3n) is 5.53. The minimum absolute atomic E-state index is 0. The molecule has 172 valence electrons. The lowest BCUT2D eigenvalue weighted by molar-refractivity contribution is -0.130. The fourth-order valence-corrected chi connectivity index (χ4v) is 3.64. The zero-order valence-corrected chi connectivity index (χ0v) is 19.6. The third-order valence-corrected chi connectivity index (χ3v) is 5.53. The van der Waals surface area contributed by atoms with Crippen molar-refractivity contribution in [3.63, 3.8) is 0 Å². The highest BCUT2D eigenvalue weighted by molar-refractivity contribution is 4.99. The molecule has 4 rings (SSSR count). The second-order valence-corrected chi connectivity index (χ2v) is 8.50. The Bertz CT molecular complexity index is 505. The van der Waals surface area contributed by atoms with Crippen molar-refractivity contribution in [2.45, 2.75) is 92.7 Å². The number of nitrogens with zero attached hydrogens (tertiary/aromatic N) is 3. The average molecular weight is 411 g/mol. The van der Waals surface area contributed by atoms with Gasteiger partial charge in [-0.3, -0.25) is 4.68 Å². The Morgan fingerprint density at radius 3 is 2.14 bits per heavy atom. The van der Waals surface area contributed by atoms with Crippen LogP contribution in [0.3, 0.4) is 0 Å². The van der Waals surface area contributed by atoms with E-state index >= 15 is 0 Å². The molecule has 1 N–H and O–H groups in total. The first-order valence-corrected chi connectivity index (χ1v) is 11.5. The molecule has 0 radical (unpaired) electrons. The van der Waals surface area contributed by atoms with Gasteiger partial charge in [-0.15, -0.1) is 0 Å². The summed E-state index contributed by atoms with van der Waals surface area (Å²) in [7, 11) is 2.16. The fraction of sp³-hybridized carbons (Fsp3) is 0.875. The van der Waals surface area contributed by atoms with E-state index in [0.29, 0.717) is 6.04 Å². The van der Waals surface area contributed by atoms with Gasteiger partial charge in [-0.2, -0.15) is 5.10 Å². The standard InChI is InChI=1S/C8H14N2.C7H14N2O.C6H12.C2H6.CH4/c1-4-8-5-6-10(9-8)7(2)3;1-9-2-3-10-7(6-9)4-8-5-7;1-6-4-2-3-5-6;1-2;/h5-7H,4H2,1-3H3;8H,2-6H2,1H3;6H,2-5H2,1H3;1-2H3;1H4. The summed E-state index contributed by atoms with van der Waals surface area (Å²) in [6.07, 6.45) is 9.01. The first-order chi connectivity index (χ1) is 13.4. The number of aromatic nitrogens is 2. The Labute approximate surface area is 181 Å². The summed E-state index contributed by atoms with van der Waals surface area (Å²) in [5, 5.41) is 7.59. The van der Waals surface area contributed by atoms with E-state index in [-0.39, 0.29) is 13.0 Å². The normalized spacial score (nSPS) is 20.3. The summed E-state index contributed by atoms with van der Waals surface area (Å²) in [4.78, 5) is 2.34. The summed E-state index contributed by atoms with van der Waals surface area (Å²) in [6.45, 7) is 17.9. The third kappa shape index (κ3) is 10.1. The van der Waals surface area contributed by atoms with Gasteiger partial charge in [0.1, 0.15) is 5.60 Å². The van der Waals surface area contributed by atoms with Crippen molar-refractivity contribution in [2.75, 3.05) is 39.8 Å². The predicted molar refractivity (Wildman–Crippen MR) is 127 cm³/mol. The molecule has 2 saturated heterocycles. The summed E-state index contributed by atoms with van der Waals surface area (Å²) in [6, 6.07) is 2.56. The van der Waals surface area contributed by atoms with Gasteiger partial charge in [-0.1, -0.05) is 60.8 Å². The molecule has 0 aromatic carbocycles. The zero-order valence-electron chi connectivity index (χ0n) is 19.6. The number of ether oxygens (including phenoxy) is 1. The monoisotopic (exact) mass is 410 g/mol. The van der Waals surface area contributed by atoms with Crippen LogP contribution in [0, 0.1) is 5.92 Å². The van der Waals surface area contributed by atoms with E-state index in [9.17, 15) is 0 Å². The van der Waals surface area contributed by atoms with Crippen LogP contribution in [0.25, 0.3) is 0 Å². The molecule has 3 aliphatic rings. The second-order valence-electron chi connectivity index (χ2n) is 8.50. The molecule has 0 bridgehead atoms. The highest BCUT2D eigenvalue weighted by atomic mass is 16.5. The van der Waals surface area contributed by atoms with Gasteiger partial charge in [0.25, 0.3) is 0 Å². The van der Waals surface area contributed by atoms with Crippen molar-refractivity contribution in [1.29, 1.82) is 0 Å². The van der Waals surface area contributed by atoms with Crippen LogP contribution in [-0.2, 0) is 11.2 Å². The highest BCUT2D eigenvalue weighted by Gasteiger charge is 2.40. The van der Waals surface area contributed by atoms with Crippen LogP contribution < -0.4 is 5.32 Å². The van der Waals surface area contributed by atoms with E-state index in [1.54, 1.807) is 0 Å². The summed E-state index contributed by atoms with van der Waals surface area (Å²) >= 11 is 0. The molecule has 0 atom stereocenters. The Balaban J connectivity index is 0.000000393. The van der Waals surface area contributed by atoms with Crippen LogP contribution >= 0.6 is 0 Å². The van der Waals surface area contributed by atoms with E-state index in [1.807, 2.05) is 24.7 Å². The number of hydrogen-bond donors (Lipinski definition) is 1. The molecule has 1 aromatic rings. The Morgan fingerprint density at radius 1 is 1.24 bits per heavy atom. The molecular weight excluding hydrogens is 360 g/mol. The maximum absolute atomic E-state index is 5.67. The lowest BCUT2D eigenvalue weighted by Gasteiger charge is -2.47. The molecule has 3 fully saturated rings. The number of rotatable bonds is 2. The zero-order chi connectivity index (χ0) is 21.0. The molecule has 29 heavy (non-hydrogen) atoms. The van der Waals surface area contributed by atoms with E-state index in [4.69, 9.17) is 4.74 Å². The van der Waals surface area contributed by atoms with Crippen LogP contribution in [0.1, 0.15) is 86.4 Å². The fourth-order valence-electron chi connectivity index (χ4n) is 3.64. The summed E-state index contributed by atoms with van der Waals surface area (Å²) in [5.41, 5.74) is 1.36. The summed E-state index contributed by atoms with van der Waals surface area (Å²) < 4.78 is 7.65. The van der Waals surface area contributed by atoms with Crippen molar-refractivity contribution < 1.29 is 4.74 Å². The van der Waals surface area contributed by atoms with Crippen LogP contribution in [0.2, 0.25) is 0 Å². The number of likely N-dealkylation sites (N-methyl/N-ethyl adjacent to an activating group) is 1. The van der Waals surface area contributed by atoms with Gasteiger partial charge < -0.3 is 15.0 Å². The van der Waals surface area contributed by atoms with Crippen molar-refractivity contribution in [1.82, 2.24) is 20.0 Å². The minimum atomic E-state index is 0. The van der Waals surface area contributed by atoms with Gasteiger partial charge in [0.05, 0.1) is 12.3 Å². The van der Waals surface area contributed by atoms with Crippen LogP contribution in [-0.4, -0.2) is 60.1 Å². The van der Waals surface area contributed by atoms with Crippen molar-refractivity contribution in [3.05, 3.63) is 18.0 Å². The van der Waals surface area contributed by atoms with E-state index < -0.39 is 0 Å². The van der Waals surface area contributed by atoms with Gasteiger partial charge in [0.15, 0.2) is 0 Å². The van der Waals surface area contributed by atoms with Gasteiger partial charge in [0.2, 0.25) is 0 Å². The molecule has 5 nitrogen and oxygen atoms in total. The van der Waals surface area contributed by atoms with Crippen LogP contribution in [0.5, 0.6) is 0 Å². The molecular formula is C24H50N4O. The molecule has 3 heterocycles. The molecule has 1 aliphatic carbocycles. The van der Waals surface area contributed by atoms with Gasteiger partial charge in [-0.25, -0.2) is 0 Å². The number of aryl methyl sites for hydroxylation is 1. The molecule has 0 unspecified atom stereocenters. The van der Waals surface area contributed by atoms with Gasteiger partial charge >= 0.3 is 0 Å². The molecule has 0 amide bonds. The first-order valence-electron chi connectivity index (χ1n) is 11.5. The molecule has 5 heteroatoms. The van der Waals surface area contributed by atoms with E-state index in [0.717, 1.165) is 45.1 Å². The molecule has 1 aromatic heterocycles. The summed E-state index contributed by atoms with van der Waals surface area (Å²) in [5.74, 6) is 1.05. The topological polar surface area (TPSA) is 42.3 Å². The number of hydrogen-bond acceptors (Lipinski definition) is 4. The predicted octanol–water partition coefficient (Wildman–Crippen LogP) is 5.18. The Hall–Kier alpha value is -0.910. The lowest BCUT2D eigenvalue weighted by atomic mass is 9.95. The second kappa shape index (κ2) is 15.0. The van der Waals surface area contributed by atoms with Crippen LogP contribution in [0.4, 0.5) is 0 Å². The first kappa shape index (κ1) is 28.1. The van der Waals surface area contributed by atoms with Crippen molar-refractivity contribution >= 4 is 0 Å². The van der Waals surface area contributed by atoms with E-state index in [1.165, 1.54) is 31.4 Å². The number of nitrogens with one attached hydrogen (secondary N) is 1.